The fourth-order valence-electron chi connectivity index (χ4n) is 4.78. The number of nitrogens with zero attached hydrogens (tertiary/aromatic N) is 2. The quantitative estimate of drug-likeness (QED) is 0.516. The summed E-state index contributed by atoms with van der Waals surface area (Å²) in [6.45, 7) is 3.36. The van der Waals surface area contributed by atoms with Crippen LogP contribution in [0.3, 0.4) is 0 Å². The molecule has 2 N–H and O–H groups in total. The minimum absolute atomic E-state index is 0.0890. The van der Waals surface area contributed by atoms with Crippen molar-refractivity contribution in [3.8, 4) is 0 Å². The lowest BCUT2D eigenvalue weighted by atomic mass is 10.1. The number of rotatable bonds is 6. The van der Waals surface area contributed by atoms with E-state index < -0.39 is 11.8 Å². The summed E-state index contributed by atoms with van der Waals surface area (Å²) in [5.41, 5.74) is 0.995. The Morgan fingerprint density at radius 2 is 1.67 bits per heavy atom. The molecule has 1 aromatic heterocycles. The average molecular weight is 457 g/mol. The molecule has 33 heavy (non-hydrogen) atoms. The highest BCUT2D eigenvalue weighted by Crippen LogP contribution is 2.24. The SMILES string of the molecule is O=C(NC[C@@H](c1ccco1)N1CCN(c2ccc(F)cc2)CC1)C(=O)NC1CCCCCC1. The molecule has 1 aromatic carbocycles. The first kappa shape index (κ1) is 23.3. The van der Waals surface area contributed by atoms with E-state index in [1.807, 2.05) is 12.1 Å². The van der Waals surface area contributed by atoms with Gasteiger partial charge in [-0.15, -0.1) is 0 Å². The van der Waals surface area contributed by atoms with Gasteiger partial charge in [0.05, 0.1) is 12.3 Å². The normalized spacial score (nSPS) is 19.0. The van der Waals surface area contributed by atoms with Gasteiger partial charge in [-0.1, -0.05) is 25.7 Å². The van der Waals surface area contributed by atoms with Crippen LogP contribution in [0.25, 0.3) is 0 Å². The van der Waals surface area contributed by atoms with Crippen molar-refractivity contribution in [2.24, 2.45) is 0 Å². The molecule has 1 aliphatic heterocycles. The first-order valence-electron chi connectivity index (χ1n) is 12.0. The van der Waals surface area contributed by atoms with Gasteiger partial charge < -0.3 is 20.0 Å². The minimum atomic E-state index is -0.597. The predicted molar refractivity (Wildman–Crippen MR) is 124 cm³/mol. The Bertz CT molecular complexity index is 887. The summed E-state index contributed by atoms with van der Waals surface area (Å²) >= 11 is 0. The van der Waals surface area contributed by atoms with Crippen LogP contribution in [-0.2, 0) is 9.59 Å². The van der Waals surface area contributed by atoms with E-state index in [1.54, 1.807) is 18.4 Å². The molecule has 2 aromatic rings. The van der Waals surface area contributed by atoms with E-state index in [-0.39, 0.29) is 17.9 Å². The molecule has 2 amide bonds. The number of carbonyl (C=O) groups is 2. The summed E-state index contributed by atoms with van der Waals surface area (Å²) in [6.07, 6.45) is 8.07. The maximum Gasteiger partial charge on any atom is 0.309 e. The zero-order chi connectivity index (χ0) is 23.0. The Balaban J connectivity index is 1.32. The van der Waals surface area contributed by atoms with Crippen LogP contribution in [0.5, 0.6) is 0 Å². The molecule has 2 heterocycles. The molecule has 0 bridgehead atoms. The van der Waals surface area contributed by atoms with E-state index in [4.69, 9.17) is 4.42 Å². The number of piperazine rings is 1. The number of nitrogens with one attached hydrogen (secondary N) is 2. The summed E-state index contributed by atoms with van der Waals surface area (Å²) in [7, 11) is 0. The molecule has 1 saturated heterocycles. The third-order valence-corrected chi connectivity index (χ3v) is 6.67. The monoisotopic (exact) mass is 456 g/mol. The van der Waals surface area contributed by atoms with Gasteiger partial charge in [0, 0.05) is 44.5 Å². The number of hydrogen-bond donors (Lipinski definition) is 2. The Labute approximate surface area is 194 Å². The Hall–Kier alpha value is -2.87. The maximum atomic E-state index is 13.2. The summed E-state index contributed by atoms with van der Waals surface area (Å²) in [5, 5.41) is 5.72. The van der Waals surface area contributed by atoms with Gasteiger partial charge in [-0.05, 0) is 49.2 Å². The molecular formula is C25H33FN4O3. The van der Waals surface area contributed by atoms with Gasteiger partial charge in [0.25, 0.3) is 0 Å². The number of anilines is 1. The number of carbonyl (C=O) groups excluding carboxylic acids is 2. The third-order valence-electron chi connectivity index (χ3n) is 6.67. The van der Waals surface area contributed by atoms with Crippen LogP contribution in [0.1, 0.15) is 50.3 Å². The zero-order valence-electron chi connectivity index (χ0n) is 19.0. The van der Waals surface area contributed by atoms with E-state index >= 15 is 0 Å². The number of amides is 2. The maximum absolute atomic E-state index is 13.2. The van der Waals surface area contributed by atoms with Crippen molar-refractivity contribution in [3.63, 3.8) is 0 Å². The van der Waals surface area contributed by atoms with E-state index in [2.05, 4.69) is 20.4 Å². The second kappa shape index (κ2) is 11.3. The molecule has 0 radical (unpaired) electrons. The number of benzene rings is 1. The highest BCUT2D eigenvalue weighted by atomic mass is 19.1. The average Bonchev–Trinajstić information content (AvgIpc) is 3.24. The summed E-state index contributed by atoms with van der Waals surface area (Å²) in [4.78, 5) is 29.4. The number of hydrogen-bond acceptors (Lipinski definition) is 5. The van der Waals surface area contributed by atoms with E-state index in [0.717, 1.165) is 63.3 Å². The molecule has 0 unspecified atom stereocenters. The smallest absolute Gasteiger partial charge is 0.309 e. The van der Waals surface area contributed by atoms with Crippen molar-refractivity contribution in [1.29, 1.82) is 0 Å². The van der Waals surface area contributed by atoms with Gasteiger partial charge in [0.15, 0.2) is 0 Å². The Kier molecular flexibility index (Phi) is 7.99. The highest BCUT2D eigenvalue weighted by molar-refractivity contribution is 6.35. The van der Waals surface area contributed by atoms with Crippen LogP contribution in [-0.4, -0.2) is 55.5 Å². The lowest BCUT2D eigenvalue weighted by Crippen LogP contribution is -2.51. The zero-order valence-corrected chi connectivity index (χ0v) is 19.0. The van der Waals surface area contributed by atoms with Gasteiger partial charge >= 0.3 is 11.8 Å². The van der Waals surface area contributed by atoms with Crippen LogP contribution in [0.4, 0.5) is 10.1 Å². The standard InChI is InChI=1S/C25H33FN4O3/c26-19-9-11-21(12-10-19)29-13-15-30(16-14-29)22(23-8-5-17-33-23)18-27-24(31)25(32)28-20-6-3-1-2-4-7-20/h5,8-12,17,20,22H,1-4,6-7,13-16,18H2,(H,27,31)(H,28,32)/t22-/m0/s1. The van der Waals surface area contributed by atoms with Gasteiger partial charge in [0.2, 0.25) is 0 Å². The van der Waals surface area contributed by atoms with Crippen molar-refractivity contribution in [2.75, 3.05) is 37.6 Å². The lowest BCUT2D eigenvalue weighted by Gasteiger charge is -2.39. The van der Waals surface area contributed by atoms with Crippen LogP contribution in [0.15, 0.2) is 47.1 Å². The molecule has 7 nitrogen and oxygen atoms in total. The Morgan fingerprint density at radius 1 is 0.970 bits per heavy atom. The molecule has 2 aliphatic rings. The molecular weight excluding hydrogens is 423 g/mol. The van der Waals surface area contributed by atoms with Crippen molar-refractivity contribution in [3.05, 3.63) is 54.2 Å². The largest absolute Gasteiger partial charge is 0.468 e. The number of furan rings is 1. The summed E-state index contributed by atoms with van der Waals surface area (Å²) in [6, 6.07) is 10.2. The van der Waals surface area contributed by atoms with Crippen LogP contribution in [0, 0.1) is 5.82 Å². The molecule has 2 fully saturated rings. The molecule has 0 spiro atoms. The minimum Gasteiger partial charge on any atom is -0.468 e. The van der Waals surface area contributed by atoms with Crippen molar-refractivity contribution < 1.29 is 18.4 Å². The van der Waals surface area contributed by atoms with Crippen molar-refractivity contribution in [2.45, 2.75) is 50.6 Å². The number of halogens is 1. The van der Waals surface area contributed by atoms with E-state index in [0.29, 0.717) is 6.54 Å². The van der Waals surface area contributed by atoms with Crippen molar-refractivity contribution in [1.82, 2.24) is 15.5 Å². The van der Waals surface area contributed by atoms with Gasteiger partial charge in [-0.3, -0.25) is 14.5 Å². The van der Waals surface area contributed by atoms with Gasteiger partial charge in [-0.2, -0.15) is 0 Å². The van der Waals surface area contributed by atoms with E-state index in [9.17, 15) is 14.0 Å². The van der Waals surface area contributed by atoms with Crippen LogP contribution < -0.4 is 15.5 Å². The Morgan fingerprint density at radius 3 is 2.30 bits per heavy atom. The molecule has 1 saturated carbocycles. The third kappa shape index (κ3) is 6.35. The summed E-state index contributed by atoms with van der Waals surface area (Å²) < 4.78 is 18.9. The molecule has 1 aliphatic carbocycles. The predicted octanol–water partition coefficient (Wildman–Crippen LogP) is 3.24. The summed E-state index contributed by atoms with van der Waals surface area (Å²) in [5.74, 6) is -0.634. The van der Waals surface area contributed by atoms with Crippen molar-refractivity contribution >= 4 is 17.5 Å². The second-order valence-corrected chi connectivity index (χ2v) is 8.90. The first-order chi connectivity index (χ1) is 16.1. The fraction of sp³-hybridized carbons (Fsp3) is 0.520. The van der Waals surface area contributed by atoms with Gasteiger partial charge in [-0.25, -0.2) is 4.39 Å². The topological polar surface area (TPSA) is 77.8 Å². The lowest BCUT2D eigenvalue weighted by molar-refractivity contribution is -0.139. The molecule has 1 atom stereocenters. The molecule has 8 heteroatoms. The van der Waals surface area contributed by atoms with Crippen LogP contribution in [0.2, 0.25) is 0 Å². The highest BCUT2D eigenvalue weighted by Gasteiger charge is 2.28. The first-order valence-corrected chi connectivity index (χ1v) is 12.0. The second-order valence-electron chi connectivity index (χ2n) is 8.90. The van der Waals surface area contributed by atoms with Crippen LogP contribution >= 0.6 is 0 Å². The van der Waals surface area contributed by atoms with E-state index in [1.165, 1.54) is 25.0 Å². The molecule has 4 rings (SSSR count). The van der Waals surface area contributed by atoms with Gasteiger partial charge in [0.1, 0.15) is 11.6 Å². The fourth-order valence-corrected chi connectivity index (χ4v) is 4.78. The molecule has 178 valence electrons.